The average Bonchev–Trinajstić information content (AvgIpc) is 2.90. The summed E-state index contributed by atoms with van der Waals surface area (Å²) in [5.41, 5.74) is -3.03. The van der Waals surface area contributed by atoms with Gasteiger partial charge in [-0.05, 0) is 10.4 Å². The topological polar surface area (TPSA) is 173 Å². The molecule has 20 heavy (non-hydrogen) atoms. The molecule has 0 bridgehead atoms. The number of tetrazole rings is 1. The van der Waals surface area contributed by atoms with Crippen molar-refractivity contribution in [3.05, 3.63) is 48.8 Å². The molecule has 0 aliphatic heterocycles. The van der Waals surface area contributed by atoms with E-state index in [9.17, 15) is 30.3 Å². The Balaban J connectivity index is 2.85. The first-order valence-electron chi connectivity index (χ1n) is 4.76. The van der Waals surface area contributed by atoms with Crippen LogP contribution in [0.5, 0.6) is 0 Å². The van der Waals surface area contributed by atoms with Gasteiger partial charge in [-0.25, -0.2) is 0 Å². The van der Waals surface area contributed by atoms with Gasteiger partial charge in [-0.2, -0.15) is 4.68 Å². The molecule has 0 spiro atoms. The Bertz CT molecular complexity index is 675. The first-order valence-corrected chi connectivity index (χ1v) is 4.76. The lowest BCUT2D eigenvalue weighted by molar-refractivity contribution is -0.402. The molecule has 13 heteroatoms. The minimum Gasteiger partial charge on any atom is -0.258 e. The summed E-state index contributed by atoms with van der Waals surface area (Å²) >= 11 is 0. The number of non-ortho nitro benzene ring substituents is 1. The summed E-state index contributed by atoms with van der Waals surface area (Å²) in [6.07, 6.45) is 0.904. The van der Waals surface area contributed by atoms with Gasteiger partial charge in [-0.3, -0.25) is 30.3 Å². The van der Waals surface area contributed by atoms with Crippen molar-refractivity contribution >= 4 is 17.1 Å². The minimum atomic E-state index is -0.989. The standard InChI is InChI=1S/C7H3N7O6/c15-12(16)4-1-5(13(17)18)7(6(2-4)14(19)20)11-3-8-9-10-11/h1-3H. The number of hydrogen-bond acceptors (Lipinski definition) is 9. The monoisotopic (exact) mass is 281 g/mol. The van der Waals surface area contributed by atoms with Crippen molar-refractivity contribution in [3.63, 3.8) is 0 Å². The number of benzene rings is 1. The Labute approximate surface area is 107 Å². The molecule has 1 aromatic carbocycles. The van der Waals surface area contributed by atoms with Crippen LogP contribution in [-0.4, -0.2) is 35.0 Å². The summed E-state index contributed by atoms with van der Waals surface area (Å²) in [4.78, 5) is 29.6. The lowest BCUT2D eigenvalue weighted by atomic mass is 10.2. The highest BCUT2D eigenvalue weighted by atomic mass is 16.6. The lowest BCUT2D eigenvalue weighted by Gasteiger charge is -2.02. The predicted octanol–water partition coefficient (Wildman–Crippen LogP) is 0.387. The maximum atomic E-state index is 10.9. The van der Waals surface area contributed by atoms with Crippen LogP contribution < -0.4 is 0 Å². The van der Waals surface area contributed by atoms with Crippen molar-refractivity contribution in [1.29, 1.82) is 0 Å². The Morgan fingerprint density at radius 1 is 0.950 bits per heavy atom. The van der Waals surface area contributed by atoms with E-state index in [1.807, 2.05) is 0 Å². The molecule has 1 aromatic heterocycles. The molecule has 1 heterocycles. The maximum absolute atomic E-state index is 10.9. The predicted molar refractivity (Wildman–Crippen MR) is 59.1 cm³/mol. The van der Waals surface area contributed by atoms with E-state index < -0.39 is 37.5 Å². The fraction of sp³-hybridized carbons (Fsp3) is 0. The number of nitrogens with zero attached hydrogens (tertiary/aromatic N) is 7. The molecule has 0 fully saturated rings. The van der Waals surface area contributed by atoms with Gasteiger partial charge in [0.1, 0.15) is 6.33 Å². The van der Waals surface area contributed by atoms with E-state index in [4.69, 9.17) is 0 Å². The fourth-order valence-electron chi connectivity index (χ4n) is 1.47. The molecular weight excluding hydrogens is 278 g/mol. The Morgan fingerprint density at radius 3 is 1.85 bits per heavy atom. The van der Waals surface area contributed by atoms with Gasteiger partial charge in [0.05, 0.1) is 26.9 Å². The van der Waals surface area contributed by atoms with Crippen molar-refractivity contribution in [2.75, 3.05) is 0 Å². The third-order valence-electron chi connectivity index (χ3n) is 2.24. The summed E-state index contributed by atoms with van der Waals surface area (Å²) in [5, 5.41) is 42.3. The Hall–Kier alpha value is -3.51. The molecule has 0 aliphatic carbocycles. The molecule has 0 unspecified atom stereocenters. The van der Waals surface area contributed by atoms with Gasteiger partial charge in [0.2, 0.25) is 5.69 Å². The van der Waals surface area contributed by atoms with E-state index in [2.05, 4.69) is 15.5 Å². The maximum Gasteiger partial charge on any atom is 0.309 e. The molecule has 2 aromatic rings. The normalized spacial score (nSPS) is 10.2. The van der Waals surface area contributed by atoms with Crippen LogP contribution in [0.15, 0.2) is 18.5 Å². The molecular formula is C7H3N7O6. The molecule has 0 radical (unpaired) electrons. The van der Waals surface area contributed by atoms with Crippen molar-refractivity contribution in [2.45, 2.75) is 0 Å². The number of nitro benzene ring substituents is 3. The van der Waals surface area contributed by atoms with Crippen molar-refractivity contribution in [1.82, 2.24) is 20.2 Å². The quantitative estimate of drug-likeness (QED) is 0.566. The second kappa shape index (κ2) is 4.63. The SMILES string of the molecule is O=[N+]([O-])c1cc([N+](=O)[O-])c(-n2cnnn2)c([N+](=O)[O-])c1. The van der Waals surface area contributed by atoms with Crippen LogP contribution in [0.3, 0.4) is 0 Å². The van der Waals surface area contributed by atoms with Gasteiger partial charge >= 0.3 is 11.4 Å². The van der Waals surface area contributed by atoms with E-state index in [1.165, 1.54) is 0 Å². The summed E-state index contributed by atoms with van der Waals surface area (Å²) < 4.78 is 0.694. The Kier molecular flexibility index (Phi) is 3.00. The van der Waals surface area contributed by atoms with Crippen molar-refractivity contribution < 1.29 is 14.8 Å². The van der Waals surface area contributed by atoms with E-state index >= 15 is 0 Å². The highest BCUT2D eigenvalue weighted by Gasteiger charge is 2.32. The first kappa shape index (κ1) is 12.9. The van der Waals surface area contributed by atoms with E-state index in [-0.39, 0.29) is 0 Å². The lowest BCUT2D eigenvalue weighted by Crippen LogP contribution is -2.06. The molecule has 0 amide bonds. The van der Waals surface area contributed by atoms with E-state index in [0.717, 1.165) is 6.33 Å². The van der Waals surface area contributed by atoms with Crippen molar-refractivity contribution in [2.24, 2.45) is 0 Å². The van der Waals surface area contributed by atoms with Gasteiger partial charge in [-0.1, -0.05) is 0 Å². The second-order valence-electron chi connectivity index (χ2n) is 3.36. The van der Waals surface area contributed by atoms with Crippen LogP contribution in [0.25, 0.3) is 5.69 Å². The minimum absolute atomic E-state index is 0.560. The van der Waals surface area contributed by atoms with Crippen LogP contribution in [0, 0.1) is 30.3 Å². The second-order valence-corrected chi connectivity index (χ2v) is 3.36. The number of rotatable bonds is 4. The molecule has 0 N–H and O–H groups in total. The van der Waals surface area contributed by atoms with Crippen molar-refractivity contribution in [3.8, 4) is 5.69 Å². The zero-order valence-electron chi connectivity index (χ0n) is 9.31. The number of hydrogen-bond donors (Lipinski definition) is 0. The highest BCUT2D eigenvalue weighted by Crippen LogP contribution is 2.35. The Morgan fingerprint density at radius 2 is 1.50 bits per heavy atom. The third-order valence-corrected chi connectivity index (χ3v) is 2.24. The summed E-state index contributed by atoms with van der Waals surface area (Å²) in [6, 6.07) is 1.20. The van der Waals surface area contributed by atoms with Gasteiger partial charge < -0.3 is 0 Å². The average molecular weight is 281 g/mol. The summed E-state index contributed by atoms with van der Waals surface area (Å²) in [6.45, 7) is 0. The molecule has 0 saturated carbocycles. The first-order chi connectivity index (χ1) is 9.41. The van der Waals surface area contributed by atoms with Crippen LogP contribution in [0.4, 0.5) is 17.1 Å². The summed E-state index contributed by atoms with van der Waals surface area (Å²) in [7, 11) is 0. The van der Waals surface area contributed by atoms with Gasteiger partial charge in [0, 0.05) is 0 Å². The van der Waals surface area contributed by atoms with E-state index in [0.29, 0.717) is 16.8 Å². The van der Waals surface area contributed by atoms with Crippen LogP contribution in [-0.2, 0) is 0 Å². The van der Waals surface area contributed by atoms with Gasteiger partial charge in [0.15, 0.2) is 0 Å². The van der Waals surface area contributed by atoms with E-state index in [1.54, 1.807) is 0 Å². The van der Waals surface area contributed by atoms with Crippen LogP contribution >= 0.6 is 0 Å². The van der Waals surface area contributed by atoms with Crippen LogP contribution in [0.2, 0.25) is 0 Å². The van der Waals surface area contributed by atoms with Gasteiger partial charge in [0.25, 0.3) is 5.69 Å². The van der Waals surface area contributed by atoms with Crippen LogP contribution in [0.1, 0.15) is 0 Å². The molecule has 0 aliphatic rings. The highest BCUT2D eigenvalue weighted by molar-refractivity contribution is 5.69. The molecule has 13 nitrogen and oxygen atoms in total. The smallest absolute Gasteiger partial charge is 0.258 e. The van der Waals surface area contributed by atoms with Gasteiger partial charge in [-0.15, -0.1) is 5.10 Å². The summed E-state index contributed by atoms with van der Waals surface area (Å²) in [5.74, 6) is 0. The largest absolute Gasteiger partial charge is 0.309 e. The zero-order valence-corrected chi connectivity index (χ0v) is 9.31. The number of aromatic nitrogens is 4. The molecule has 0 saturated heterocycles. The molecule has 0 atom stereocenters. The fourth-order valence-corrected chi connectivity index (χ4v) is 1.47. The zero-order chi connectivity index (χ0) is 14.9. The molecule has 2 rings (SSSR count). The molecule has 102 valence electrons. The third kappa shape index (κ3) is 2.09. The number of nitro groups is 3.